The lowest BCUT2D eigenvalue weighted by Crippen LogP contribution is -2.57. The highest BCUT2D eigenvalue weighted by Gasteiger charge is 2.43. The van der Waals surface area contributed by atoms with Crippen molar-refractivity contribution < 1.29 is 28.2 Å². The third-order valence-electron chi connectivity index (χ3n) is 6.17. The van der Waals surface area contributed by atoms with Gasteiger partial charge in [0, 0.05) is 43.5 Å². The minimum Gasteiger partial charge on any atom is -0.497 e. The lowest BCUT2D eigenvalue weighted by atomic mass is 9.90. The summed E-state index contributed by atoms with van der Waals surface area (Å²) >= 11 is 0. The van der Waals surface area contributed by atoms with Crippen LogP contribution in [0.2, 0.25) is 0 Å². The summed E-state index contributed by atoms with van der Waals surface area (Å²) in [6.07, 6.45) is 0. The number of carbonyl (C=O) groups is 2. The fourth-order valence-corrected chi connectivity index (χ4v) is 4.34. The molecule has 0 bridgehead atoms. The van der Waals surface area contributed by atoms with Crippen molar-refractivity contribution in [3.63, 3.8) is 0 Å². The van der Waals surface area contributed by atoms with Crippen LogP contribution in [-0.2, 0) is 14.3 Å². The highest BCUT2D eigenvalue weighted by atomic mass is 19.1. The highest BCUT2D eigenvalue weighted by Crippen LogP contribution is 2.38. The summed E-state index contributed by atoms with van der Waals surface area (Å²) in [5.41, 5.74) is 1.52. The minimum absolute atomic E-state index is 0.150. The molecule has 35 heavy (non-hydrogen) atoms. The summed E-state index contributed by atoms with van der Waals surface area (Å²) < 4.78 is 29.3. The number of nitrogens with zero attached hydrogens (tertiary/aromatic N) is 3. The molecule has 2 aliphatic rings. The lowest BCUT2D eigenvalue weighted by molar-refractivity contribution is -0.153. The van der Waals surface area contributed by atoms with E-state index in [2.05, 4.69) is 10.2 Å². The van der Waals surface area contributed by atoms with Gasteiger partial charge in [0.1, 0.15) is 23.4 Å². The van der Waals surface area contributed by atoms with Crippen molar-refractivity contribution in [1.29, 1.82) is 0 Å². The number of benzene rings is 2. The number of anilines is 1. The van der Waals surface area contributed by atoms with E-state index in [1.807, 2.05) is 4.90 Å². The van der Waals surface area contributed by atoms with Gasteiger partial charge < -0.3 is 24.0 Å². The molecule has 2 heterocycles. The molecule has 1 amide bonds. The number of methoxy groups -OCH3 is 2. The molecule has 2 atom stereocenters. The van der Waals surface area contributed by atoms with Gasteiger partial charge in [-0.05, 0) is 43.3 Å². The number of piperazine rings is 1. The van der Waals surface area contributed by atoms with Crippen LogP contribution in [0.5, 0.6) is 11.5 Å². The number of nitrogens with one attached hydrogen (secondary N) is 1. The highest BCUT2D eigenvalue weighted by molar-refractivity contribution is 6.08. The number of rotatable bonds is 6. The molecule has 1 saturated heterocycles. The van der Waals surface area contributed by atoms with Gasteiger partial charge in [-0.1, -0.05) is 0 Å². The van der Waals surface area contributed by atoms with Crippen LogP contribution < -0.4 is 19.7 Å². The molecule has 4 rings (SSSR count). The molecule has 2 aromatic carbocycles. The smallest absolute Gasteiger partial charge is 0.321 e. The van der Waals surface area contributed by atoms with Gasteiger partial charge in [0.15, 0.2) is 5.92 Å². The van der Waals surface area contributed by atoms with Crippen LogP contribution >= 0.6 is 0 Å². The standard InChI is InChI=1S/C25H29FN4O5/c1-4-35-24(32)21-22(19-10-9-18(33-2)15-20(19)34-3)27-25(28-23(21)31)30-13-11-29(12-14-30)17-7-5-16(26)6-8-17/h5-10,15,21-22H,4,11-14H2,1-3H3,(H,27,28,31)/t21-,22-/m0/s1. The predicted octanol–water partition coefficient (Wildman–Crippen LogP) is 2.37. The van der Waals surface area contributed by atoms with E-state index in [1.54, 1.807) is 44.4 Å². The predicted molar refractivity (Wildman–Crippen MR) is 128 cm³/mol. The average Bonchev–Trinajstić information content (AvgIpc) is 2.88. The van der Waals surface area contributed by atoms with Crippen molar-refractivity contribution in [2.24, 2.45) is 10.9 Å². The van der Waals surface area contributed by atoms with Gasteiger partial charge in [0.2, 0.25) is 11.9 Å². The molecule has 0 saturated carbocycles. The quantitative estimate of drug-likeness (QED) is 0.497. The third-order valence-corrected chi connectivity index (χ3v) is 6.17. The summed E-state index contributed by atoms with van der Waals surface area (Å²) in [5, 5.41) is 2.80. The van der Waals surface area contributed by atoms with Crippen LogP contribution in [0.4, 0.5) is 10.1 Å². The zero-order valence-corrected chi connectivity index (χ0v) is 20.0. The molecular weight excluding hydrogens is 455 g/mol. The summed E-state index contributed by atoms with van der Waals surface area (Å²) in [4.78, 5) is 34.8. The molecule has 0 spiro atoms. The summed E-state index contributed by atoms with van der Waals surface area (Å²) in [7, 11) is 3.06. The number of aliphatic imine (C=N–C) groups is 1. The normalized spacial score (nSPS) is 20.1. The molecule has 1 fully saturated rings. The molecular formula is C25H29FN4O5. The summed E-state index contributed by atoms with van der Waals surface area (Å²) in [5.74, 6) is -1.10. The monoisotopic (exact) mass is 484 g/mol. The van der Waals surface area contributed by atoms with E-state index in [0.717, 1.165) is 5.69 Å². The first-order valence-electron chi connectivity index (χ1n) is 11.5. The number of amides is 1. The van der Waals surface area contributed by atoms with E-state index < -0.39 is 23.8 Å². The number of carbonyl (C=O) groups excluding carboxylic acids is 2. The molecule has 10 heteroatoms. The lowest BCUT2D eigenvalue weighted by Gasteiger charge is -2.39. The molecule has 1 N–H and O–H groups in total. The first-order valence-corrected chi connectivity index (χ1v) is 11.5. The van der Waals surface area contributed by atoms with Crippen LogP contribution in [0.1, 0.15) is 18.5 Å². The number of hydrogen-bond acceptors (Lipinski definition) is 8. The van der Waals surface area contributed by atoms with Crippen LogP contribution in [0.25, 0.3) is 0 Å². The Labute approximate surface area is 203 Å². The Kier molecular flexibility index (Phi) is 7.38. The van der Waals surface area contributed by atoms with E-state index in [1.165, 1.54) is 19.2 Å². The number of halogens is 1. The van der Waals surface area contributed by atoms with Crippen molar-refractivity contribution in [3.8, 4) is 11.5 Å². The van der Waals surface area contributed by atoms with Crippen LogP contribution in [0.15, 0.2) is 47.5 Å². The van der Waals surface area contributed by atoms with Crippen LogP contribution in [0.3, 0.4) is 0 Å². The molecule has 186 valence electrons. The Hall–Kier alpha value is -3.82. The van der Waals surface area contributed by atoms with Gasteiger partial charge in [-0.2, -0.15) is 0 Å². The van der Waals surface area contributed by atoms with Gasteiger partial charge in [-0.3, -0.25) is 14.9 Å². The molecule has 2 aromatic rings. The van der Waals surface area contributed by atoms with E-state index >= 15 is 0 Å². The Bertz CT molecular complexity index is 1100. The molecule has 0 radical (unpaired) electrons. The van der Waals surface area contributed by atoms with Gasteiger partial charge in [-0.15, -0.1) is 0 Å². The number of esters is 1. The summed E-state index contributed by atoms with van der Waals surface area (Å²) in [6, 6.07) is 10.7. The maximum atomic E-state index is 13.3. The van der Waals surface area contributed by atoms with Gasteiger partial charge in [0.25, 0.3) is 0 Å². The number of guanidine groups is 1. The molecule has 0 aromatic heterocycles. The zero-order chi connectivity index (χ0) is 24.9. The topological polar surface area (TPSA) is 92.7 Å². The molecule has 9 nitrogen and oxygen atoms in total. The number of ether oxygens (including phenoxy) is 3. The third kappa shape index (κ3) is 5.16. The first kappa shape index (κ1) is 24.3. The number of hydrogen-bond donors (Lipinski definition) is 1. The van der Waals surface area contributed by atoms with Crippen molar-refractivity contribution in [2.75, 3.05) is 51.9 Å². The van der Waals surface area contributed by atoms with Gasteiger partial charge in [-0.25, -0.2) is 9.38 Å². The zero-order valence-electron chi connectivity index (χ0n) is 20.0. The SMILES string of the molecule is CCOC(=O)[C@@H]1C(=O)NC(N2CCN(c3ccc(F)cc3)CC2)=N[C@H]1c1ccc(OC)cc1OC. The fraction of sp³-hybridized carbons (Fsp3) is 0.400. The second-order valence-electron chi connectivity index (χ2n) is 8.17. The van der Waals surface area contributed by atoms with Crippen molar-refractivity contribution in [2.45, 2.75) is 13.0 Å². The molecule has 0 unspecified atom stereocenters. The maximum absolute atomic E-state index is 13.3. The van der Waals surface area contributed by atoms with Gasteiger partial charge >= 0.3 is 5.97 Å². The van der Waals surface area contributed by atoms with Crippen molar-refractivity contribution in [1.82, 2.24) is 10.2 Å². The fourth-order valence-electron chi connectivity index (χ4n) is 4.34. The molecule has 2 aliphatic heterocycles. The second-order valence-corrected chi connectivity index (χ2v) is 8.17. The minimum atomic E-state index is -1.15. The van der Waals surface area contributed by atoms with Crippen molar-refractivity contribution >= 4 is 23.5 Å². The van der Waals surface area contributed by atoms with Crippen LogP contribution in [-0.4, -0.2) is 69.7 Å². The Morgan fingerprint density at radius 2 is 1.74 bits per heavy atom. The van der Waals surface area contributed by atoms with Crippen LogP contribution in [0, 0.1) is 11.7 Å². The van der Waals surface area contributed by atoms with E-state index in [0.29, 0.717) is 49.2 Å². The Balaban J connectivity index is 1.61. The van der Waals surface area contributed by atoms with E-state index in [-0.39, 0.29) is 12.4 Å². The maximum Gasteiger partial charge on any atom is 0.321 e. The largest absolute Gasteiger partial charge is 0.497 e. The van der Waals surface area contributed by atoms with E-state index in [9.17, 15) is 14.0 Å². The van der Waals surface area contributed by atoms with Crippen molar-refractivity contribution in [3.05, 3.63) is 53.8 Å². The van der Waals surface area contributed by atoms with E-state index in [4.69, 9.17) is 19.2 Å². The molecule has 0 aliphatic carbocycles. The average molecular weight is 485 g/mol. The van der Waals surface area contributed by atoms with Gasteiger partial charge in [0.05, 0.1) is 20.8 Å². The first-order chi connectivity index (χ1) is 16.9. The second kappa shape index (κ2) is 10.6. The summed E-state index contributed by atoms with van der Waals surface area (Å²) in [6.45, 7) is 4.35. The Morgan fingerprint density at radius 3 is 2.37 bits per heavy atom. The Morgan fingerprint density at radius 1 is 1.06 bits per heavy atom.